The van der Waals surface area contributed by atoms with Crippen molar-refractivity contribution in [2.24, 2.45) is 5.92 Å². The first-order valence-electron chi connectivity index (χ1n) is 10.1. The van der Waals surface area contributed by atoms with Gasteiger partial charge in [0, 0.05) is 11.6 Å². The lowest BCUT2D eigenvalue weighted by Gasteiger charge is -2.25. The van der Waals surface area contributed by atoms with E-state index in [1.807, 2.05) is 46.8 Å². The number of carbonyl (C=O) groups excluding carboxylic acids is 2. The smallest absolute Gasteiger partial charge is 0.252 e. The quantitative estimate of drug-likeness (QED) is 0.688. The minimum Gasteiger partial charge on any atom is -0.497 e. The molecule has 2 atom stereocenters. The number of hydrogen-bond donors (Lipinski definition) is 2. The average Bonchev–Trinajstić information content (AvgIpc) is 2.72. The third kappa shape index (κ3) is 5.75. The van der Waals surface area contributed by atoms with Gasteiger partial charge >= 0.3 is 0 Å². The molecule has 0 fully saturated rings. The zero-order valence-corrected chi connectivity index (χ0v) is 18.8. The highest BCUT2D eigenvalue weighted by Gasteiger charge is 2.26. The van der Waals surface area contributed by atoms with Crippen molar-refractivity contribution >= 4 is 11.8 Å². The number of nitrogens with one attached hydrogen (secondary N) is 2. The second-order valence-corrected chi connectivity index (χ2v) is 7.89. The van der Waals surface area contributed by atoms with E-state index in [0.717, 1.165) is 16.7 Å². The van der Waals surface area contributed by atoms with Crippen LogP contribution in [-0.4, -0.2) is 32.1 Å². The van der Waals surface area contributed by atoms with Gasteiger partial charge in [0.25, 0.3) is 5.91 Å². The Morgan fingerprint density at radius 2 is 1.47 bits per heavy atom. The summed E-state index contributed by atoms with van der Waals surface area (Å²) in [5.41, 5.74) is 3.68. The molecular formula is C24H32N2O4. The first-order valence-corrected chi connectivity index (χ1v) is 10.1. The summed E-state index contributed by atoms with van der Waals surface area (Å²) in [5.74, 6) is 0.344. The van der Waals surface area contributed by atoms with E-state index in [1.165, 1.54) is 14.2 Å². The van der Waals surface area contributed by atoms with Crippen molar-refractivity contribution in [1.29, 1.82) is 0 Å². The third-order valence-corrected chi connectivity index (χ3v) is 5.11. The van der Waals surface area contributed by atoms with Crippen LogP contribution in [0, 0.1) is 19.8 Å². The van der Waals surface area contributed by atoms with Gasteiger partial charge in [-0.05, 0) is 49.9 Å². The van der Waals surface area contributed by atoms with Crippen molar-refractivity contribution in [3.8, 4) is 11.5 Å². The Labute approximate surface area is 179 Å². The molecule has 2 rings (SSSR count). The molecule has 162 valence electrons. The molecule has 6 nitrogen and oxygen atoms in total. The van der Waals surface area contributed by atoms with Crippen LogP contribution in [-0.2, 0) is 4.79 Å². The molecule has 2 amide bonds. The summed E-state index contributed by atoms with van der Waals surface area (Å²) in [7, 11) is 3.05. The lowest BCUT2D eigenvalue weighted by atomic mass is 9.98. The number of aryl methyl sites for hydroxylation is 2. The zero-order valence-electron chi connectivity index (χ0n) is 18.8. The van der Waals surface area contributed by atoms with Crippen LogP contribution < -0.4 is 20.1 Å². The number of hydrogen-bond acceptors (Lipinski definition) is 4. The highest BCUT2D eigenvalue weighted by atomic mass is 16.5. The molecule has 0 spiro atoms. The molecule has 2 N–H and O–H groups in total. The maximum absolute atomic E-state index is 13.0. The van der Waals surface area contributed by atoms with E-state index < -0.39 is 6.04 Å². The van der Waals surface area contributed by atoms with Gasteiger partial charge in [-0.2, -0.15) is 0 Å². The fourth-order valence-electron chi connectivity index (χ4n) is 3.31. The van der Waals surface area contributed by atoms with Gasteiger partial charge in [0.2, 0.25) is 5.91 Å². The molecule has 0 aliphatic carbocycles. The predicted octanol–water partition coefficient (Wildman–Crippen LogP) is 3.95. The van der Waals surface area contributed by atoms with Gasteiger partial charge < -0.3 is 20.1 Å². The minimum absolute atomic E-state index is 0.0905. The maximum Gasteiger partial charge on any atom is 0.252 e. The molecule has 6 heteroatoms. The normalized spacial score (nSPS) is 12.8. The molecule has 2 unspecified atom stereocenters. The number of ether oxygens (including phenoxy) is 2. The highest BCUT2D eigenvalue weighted by Crippen LogP contribution is 2.23. The Morgan fingerprint density at radius 1 is 0.867 bits per heavy atom. The summed E-state index contributed by atoms with van der Waals surface area (Å²) >= 11 is 0. The monoisotopic (exact) mass is 412 g/mol. The summed E-state index contributed by atoms with van der Waals surface area (Å²) in [6, 6.07) is 10.2. The first kappa shape index (κ1) is 23.3. The molecule has 0 aromatic heterocycles. The molecular weight excluding hydrogens is 380 g/mol. The molecule has 0 heterocycles. The Hall–Kier alpha value is -3.02. The van der Waals surface area contributed by atoms with Crippen molar-refractivity contribution in [1.82, 2.24) is 10.6 Å². The van der Waals surface area contributed by atoms with Crippen LogP contribution in [0.4, 0.5) is 0 Å². The van der Waals surface area contributed by atoms with Crippen molar-refractivity contribution in [3.63, 3.8) is 0 Å². The molecule has 0 saturated heterocycles. The number of methoxy groups -OCH3 is 2. The van der Waals surface area contributed by atoms with E-state index in [4.69, 9.17) is 9.47 Å². The van der Waals surface area contributed by atoms with Crippen molar-refractivity contribution in [2.45, 2.75) is 46.7 Å². The average molecular weight is 413 g/mol. The van der Waals surface area contributed by atoms with Crippen LogP contribution in [0.1, 0.15) is 53.9 Å². The minimum atomic E-state index is -0.678. The molecule has 0 radical (unpaired) electrons. The predicted molar refractivity (Wildman–Crippen MR) is 118 cm³/mol. The summed E-state index contributed by atoms with van der Waals surface area (Å²) in [6.45, 7) is 9.80. The fraction of sp³-hybridized carbons (Fsp3) is 0.417. The Morgan fingerprint density at radius 3 is 2.00 bits per heavy atom. The zero-order chi connectivity index (χ0) is 22.4. The van der Waals surface area contributed by atoms with Crippen LogP contribution in [0.25, 0.3) is 0 Å². The van der Waals surface area contributed by atoms with E-state index in [9.17, 15) is 9.59 Å². The molecule has 0 saturated carbocycles. The summed E-state index contributed by atoms with van der Waals surface area (Å²) in [6.07, 6.45) is 0. The molecule has 0 aliphatic heterocycles. The van der Waals surface area contributed by atoms with Crippen LogP contribution >= 0.6 is 0 Å². The summed E-state index contributed by atoms with van der Waals surface area (Å²) in [5, 5.41) is 5.90. The second kappa shape index (κ2) is 10.1. The SMILES string of the molecule is COc1cc(OC)cc(C(=O)NC(C(=O)NC(C)c2cc(C)ccc2C)C(C)C)c1. The molecule has 2 aromatic carbocycles. The molecule has 0 bridgehead atoms. The van der Waals surface area contributed by atoms with Gasteiger partial charge in [0.1, 0.15) is 17.5 Å². The van der Waals surface area contributed by atoms with Crippen LogP contribution in [0.2, 0.25) is 0 Å². The first-order chi connectivity index (χ1) is 14.2. The topological polar surface area (TPSA) is 76.7 Å². The van der Waals surface area contributed by atoms with Crippen LogP contribution in [0.3, 0.4) is 0 Å². The fourth-order valence-corrected chi connectivity index (χ4v) is 3.31. The Bertz CT molecular complexity index is 886. The van der Waals surface area contributed by atoms with Crippen molar-refractivity contribution in [3.05, 3.63) is 58.7 Å². The molecule has 30 heavy (non-hydrogen) atoms. The third-order valence-electron chi connectivity index (χ3n) is 5.11. The highest BCUT2D eigenvalue weighted by molar-refractivity contribution is 5.98. The van der Waals surface area contributed by atoms with E-state index in [1.54, 1.807) is 18.2 Å². The van der Waals surface area contributed by atoms with Gasteiger partial charge in [-0.15, -0.1) is 0 Å². The lowest BCUT2D eigenvalue weighted by Crippen LogP contribution is -2.50. The lowest BCUT2D eigenvalue weighted by molar-refractivity contribution is -0.124. The second-order valence-electron chi connectivity index (χ2n) is 7.89. The van der Waals surface area contributed by atoms with E-state index in [0.29, 0.717) is 17.1 Å². The Balaban J connectivity index is 2.18. The van der Waals surface area contributed by atoms with E-state index in [2.05, 4.69) is 16.7 Å². The number of benzene rings is 2. The maximum atomic E-state index is 13.0. The van der Waals surface area contributed by atoms with Gasteiger partial charge in [-0.25, -0.2) is 0 Å². The van der Waals surface area contributed by atoms with E-state index in [-0.39, 0.29) is 23.8 Å². The molecule has 0 aliphatic rings. The van der Waals surface area contributed by atoms with Crippen LogP contribution in [0.5, 0.6) is 11.5 Å². The van der Waals surface area contributed by atoms with E-state index >= 15 is 0 Å². The van der Waals surface area contributed by atoms with Crippen LogP contribution in [0.15, 0.2) is 36.4 Å². The number of rotatable bonds is 8. The summed E-state index contributed by atoms with van der Waals surface area (Å²) in [4.78, 5) is 25.9. The van der Waals surface area contributed by atoms with Gasteiger partial charge in [0.15, 0.2) is 0 Å². The number of carbonyl (C=O) groups is 2. The standard InChI is InChI=1S/C24H32N2O4/c1-14(2)22(24(28)25-17(5)21-10-15(3)8-9-16(21)4)26-23(27)18-11-19(29-6)13-20(12-18)30-7/h8-14,17,22H,1-7H3,(H,25,28)(H,26,27). The largest absolute Gasteiger partial charge is 0.497 e. The Kier molecular flexibility index (Phi) is 7.86. The van der Waals surface area contributed by atoms with Crippen molar-refractivity contribution < 1.29 is 19.1 Å². The van der Waals surface area contributed by atoms with Gasteiger partial charge in [-0.3, -0.25) is 9.59 Å². The number of amides is 2. The van der Waals surface area contributed by atoms with Crippen molar-refractivity contribution in [2.75, 3.05) is 14.2 Å². The summed E-state index contributed by atoms with van der Waals surface area (Å²) < 4.78 is 10.5. The van der Waals surface area contributed by atoms with Gasteiger partial charge in [-0.1, -0.05) is 37.6 Å². The molecule has 2 aromatic rings. The van der Waals surface area contributed by atoms with Gasteiger partial charge in [0.05, 0.1) is 20.3 Å².